The molecule has 1 aliphatic rings. The molecular weight excluding hydrogens is 304 g/mol. The van der Waals surface area contributed by atoms with Gasteiger partial charge in [-0.2, -0.15) is 0 Å². The van der Waals surface area contributed by atoms with Crippen molar-refractivity contribution in [3.8, 4) is 0 Å². The highest BCUT2D eigenvalue weighted by Gasteiger charge is 2.25. The van der Waals surface area contributed by atoms with Gasteiger partial charge in [-0.15, -0.1) is 0 Å². The van der Waals surface area contributed by atoms with Crippen molar-refractivity contribution >= 4 is 23.5 Å². The second-order valence-electron chi connectivity index (χ2n) is 5.37. The first-order valence-electron chi connectivity index (χ1n) is 7.76. The molecule has 0 aromatic carbocycles. The second-order valence-corrected chi connectivity index (χ2v) is 5.73. The van der Waals surface area contributed by atoms with E-state index >= 15 is 0 Å². The molecule has 0 spiro atoms. The topological polar surface area (TPSA) is 67.3 Å². The lowest BCUT2D eigenvalue weighted by atomic mass is 10.0. The molecule has 1 aromatic rings. The number of aryl methyl sites for hydroxylation is 1. The number of ether oxygens (including phenoxy) is 1. The van der Waals surface area contributed by atoms with Gasteiger partial charge in [-0.05, 0) is 33.1 Å². The molecule has 1 fully saturated rings. The van der Waals surface area contributed by atoms with Gasteiger partial charge in [0.15, 0.2) is 0 Å². The molecule has 2 rings (SSSR count). The molecule has 1 unspecified atom stereocenters. The van der Waals surface area contributed by atoms with E-state index in [1.54, 1.807) is 6.92 Å². The Bertz CT molecular complexity index is 539. The summed E-state index contributed by atoms with van der Waals surface area (Å²) in [6, 6.07) is 0.0616. The molecule has 22 heavy (non-hydrogen) atoms. The molecule has 0 radical (unpaired) electrons. The molecule has 0 aliphatic carbocycles. The molecule has 6 nitrogen and oxygen atoms in total. The van der Waals surface area contributed by atoms with Crippen molar-refractivity contribution in [1.29, 1.82) is 0 Å². The summed E-state index contributed by atoms with van der Waals surface area (Å²) in [5.41, 5.74) is 0.962. The highest BCUT2D eigenvalue weighted by molar-refractivity contribution is 6.30. The number of hydrogen-bond acceptors (Lipinski definition) is 5. The first-order valence-corrected chi connectivity index (χ1v) is 8.14. The smallest absolute Gasteiger partial charge is 0.407 e. The number of aromatic nitrogens is 2. The lowest BCUT2D eigenvalue weighted by Gasteiger charge is -2.34. The number of anilines is 1. The second kappa shape index (κ2) is 7.63. The van der Waals surface area contributed by atoms with Gasteiger partial charge in [0, 0.05) is 24.7 Å². The van der Waals surface area contributed by atoms with Crippen molar-refractivity contribution in [1.82, 2.24) is 15.3 Å². The summed E-state index contributed by atoms with van der Waals surface area (Å²) >= 11 is 6.25. The van der Waals surface area contributed by atoms with E-state index in [1.807, 2.05) is 13.8 Å². The third kappa shape index (κ3) is 4.00. The lowest BCUT2D eigenvalue weighted by molar-refractivity contribution is 0.146. The maximum Gasteiger partial charge on any atom is 0.407 e. The van der Waals surface area contributed by atoms with E-state index in [1.165, 1.54) is 0 Å². The predicted molar refractivity (Wildman–Crippen MR) is 86.5 cm³/mol. The molecule has 2 heterocycles. The van der Waals surface area contributed by atoms with E-state index in [9.17, 15) is 4.79 Å². The molecule has 122 valence electrons. The Hall–Kier alpha value is -1.56. The van der Waals surface area contributed by atoms with Crippen LogP contribution in [0.4, 0.5) is 10.6 Å². The van der Waals surface area contributed by atoms with Gasteiger partial charge in [0.25, 0.3) is 0 Å². The third-order valence-electron chi connectivity index (χ3n) is 3.72. The van der Waals surface area contributed by atoms with Crippen LogP contribution in [-0.2, 0) is 11.2 Å². The standard InChI is InChI=1S/C15H23ClN4O2/c1-4-12-13(16)17-10(3)18-14(12)20-8-6-7-11(9-20)19-15(21)22-5-2/h11H,4-9H2,1-3H3,(H,19,21). The van der Waals surface area contributed by atoms with Crippen molar-refractivity contribution in [3.63, 3.8) is 0 Å². The molecule has 1 atom stereocenters. The zero-order chi connectivity index (χ0) is 16.1. The zero-order valence-electron chi connectivity index (χ0n) is 13.4. The number of rotatable bonds is 4. The number of alkyl carbamates (subject to hydrolysis) is 1. The molecule has 0 bridgehead atoms. The summed E-state index contributed by atoms with van der Waals surface area (Å²) in [5, 5.41) is 3.43. The number of carbonyl (C=O) groups excluding carboxylic acids is 1. The molecule has 1 aromatic heterocycles. The maximum absolute atomic E-state index is 11.6. The summed E-state index contributed by atoms with van der Waals surface area (Å²) in [6.45, 7) is 7.67. The quantitative estimate of drug-likeness (QED) is 0.862. The van der Waals surface area contributed by atoms with Crippen LogP contribution in [0.5, 0.6) is 0 Å². The Morgan fingerprint density at radius 1 is 1.45 bits per heavy atom. The van der Waals surface area contributed by atoms with Crippen molar-refractivity contribution < 1.29 is 9.53 Å². The Morgan fingerprint density at radius 2 is 2.23 bits per heavy atom. The van der Waals surface area contributed by atoms with Crippen LogP contribution in [0.25, 0.3) is 0 Å². The minimum Gasteiger partial charge on any atom is -0.450 e. The summed E-state index contributed by atoms with van der Waals surface area (Å²) in [4.78, 5) is 22.6. The van der Waals surface area contributed by atoms with Gasteiger partial charge in [0.1, 0.15) is 16.8 Å². The average Bonchev–Trinajstić information content (AvgIpc) is 2.47. The number of carbonyl (C=O) groups is 1. The first-order chi connectivity index (χ1) is 10.5. The minimum atomic E-state index is -0.359. The van der Waals surface area contributed by atoms with Crippen LogP contribution in [0.3, 0.4) is 0 Å². The number of halogens is 1. The van der Waals surface area contributed by atoms with Crippen LogP contribution in [0.15, 0.2) is 0 Å². The first kappa shape index (κ1) is 16.8. The van der Waals surface area contributed by atoms with Crippen molar-refractivity contribution in [2.45, 2.75) is 46.1 Å². The Morgan fingerprint density at radius 3 is 2.91 bits per heavy atom. The Balaban J connectivity index is 2.14. The molecular formula is C15H23ClN4O2. The van der Waals surface area contributed by atoms with Crippen LogP contribution in [0, 0.1) is 6.92 Å². The van der Waals surface area contributed by atoms with E-state index in [4.69, 9.17) is 16.3 Å². The number of hydrogen-bond donors (Lipinski definition) is 1. The Kier molecular flexibility index (Phi) is 5.83. The van der Waals surface area contributed by atoms with Gasteiger partial charge in [-0.3, -0.25) is 0 Å². The van der Waals surface area contributed by atoms with Crippen LogP contribution >= 0.6 is 11.6 Å². The van der Waals surface area contributed by atoms with Gasteiger partial charge in [-0.1, -0.05) is 18.5 Å². The van der Waals surface area contributed by atoms with Crippen LogP contribution in [0.2, 0.25) is 5.15 Å². The molecule has 1 aliphatic heterocycles. The summed E-state index contributed by atoms with van der Waals surface area (Å²) in [7, 11) is 0. The zero-order valence-corrected chi connectivity index (χ0v) is 14.1. The fourth-order valence-electron chi connectivity index (χ4n) is 2.74. The predicted octanol–water partition coefficient (Wildman–Crippen LogP) is 2.72. The van der Waals surface area contributed by atoms with Gasteiger partial charge < -0.3 is 15.0 Å². The van der Waals surface area contributed by atoms with Crippen molar-refractivity contribution in [2.24, 2.45) is 0 Å². The van der Waals surface area contributed by atoms with E-state index in [2.05, 4.69) is 20.2 Å². The molecule has 7 heteroatoms. The van der Waals surface area contributed by atoms with E-state index in [0.29, 0.717) is 24.1 Å². The van der Waals surface area contributed by atoms with Crippen LogP contribution in [0.1, 0.15) is 38.1 Å². The number of piperidine rings is 1. The Labute approximate surface area is 136 Å². The number of nitrogens with zero attached hydrogens (tertiary/aromatic N) is 3. The lowest BCUT2D eigenvalue weighted by Crippen LogP contribution is -2.48. The normalized spacial score (nSPS) is 18.2. The van der Waals surface area contributed by atoms with E-state index in [-0.39, 0.29) is 12.1 Å². The van der Waals surface area contributed by atoms with E-state index in [0.717, 1.165) is 37.2 Å². The summed E-state index contributed by atoms with van der Waals surface area (Å²) < 4.78 is 4.95. The summed E-state index contributed by atoms with van der Waals surface area (Å²) in [5.74, 6) is 1.55. The molecule has 1 saturated heterocycles. The largest absolute Gasteiger partial charge is 0.450 e. The molecule has 1 amide bonds. The van der Waals surface area contributed by atoms with E-state index < -0.39 is 0 Å². The molecule has 0 saturated carbocycles. The number of amides is 1. The SMILES string of the molecule is CCOC(=O)NC1CCCN(c2nc(C)nc(Cl)c2CC)C1. The van der Waals surface area contributed by atoms with Gasteiger partial charge >= 0.3 is 6.09 Å². The highest BCUT2D eigenvalue weighted by atomic mass is 35.5. The van der Waals surface area contributed by atoms with Crippen LogP contribution < -0.4 is 10.2 Å². The maximum atomic E-state index is 11.6. The summed E-state index contributed by atoms with van der Waals surface area (Å²) in [6.07, 6.45) is 2.35. The number of nitrogens with one attached hydrogen (secondary N) is 1. The average molecular weight is 327 g/mol. The monoisotopic (exact) mass is 326 g/mol. The van der Waals surface area contributed by atoms with Gasteiger partial charge in [0.05, 0.1) is 6.61 Å². The van der Waals surface area contributed by atoms with Crippen molar-refractivity contribution in [3.05, 3.63) is 16.5 Å². The fourth-order valence-corrected chi connectivity index (χ4v) is 3.08. The van der Waals surface area contributed by atoms with Gasteiger partial charge in [-0.25, -0.2) is 14.8 Å². The fraction of sp³-hybridized carbons (Fsp3) is 0.667. The minimum absolute atomic E-state index is 0.0616. The van der Waals surface area contributed by atoms with Crippen LogP contribution in [-0.4, -0.2) is 41.8 Å². The van der Waals surface area contributed by atoms with Gasteiger partial charge in [0.2, 0.25) is 0 Å². The van der Waals surface area contributed by atoms with Crippen molar-refractivity contribution in [2.75, 3.05) is 24.6 Å². The molecule has 1 N–H and O–H groups in total. The highest BCUT2D eigenvalue weighted by Crippen LogP contribution is 2.27. The third-order valence-corrected chi connectivity index (χ3v) is 4.03.